The molecule has 0 aromatic carbocycles. The van der Waals surface area contributed by atoms with Crippen molar-refractivity contribution in [3.05, 3.63) is 122 Å². The number of allylic oxidation sites excluding steroid dienone is 20. The lowest BCUT2D eigenvalue weighted by Crippen LogP contribution is -2.27. The Labute approximate surface area is 314 Å². The van der Waals surface area contributed by atoms with E-state index in [1.807, 2.05) is 0 Å². The van der Waals surface area contributed by atoms with E-state index in [-0.39, 0.29) is 19.2 Å². The van der Waals surface area contributed by atoms with Gasteiger partial charge < -0.3 is 14.6 Å². The van der Waals surface area contributed by atoms with Crippen LogP contribution in [0.2, 0.25) is 0 Å². The number of aliphatic hydroxyl groups excluding tert-OH is 1. The molecule has 1 N–H and O–H groups in total. The molecule has 0 saturated carbocycles. The molecule has 0 aromatic rings. The molecule has 0 heterocycles. The summed E-state index contributed by atoms with van der Waals surface area (Å²) in [5.41, 5.74) is 0. The van der Waals surface area contributed by atoms with E-state index in [9.17, 15) is 9.90 Å². The first-order chi connectivity index (χ1) is 25.2. The van der Waals surface area contributed by atoms with Gasteiger partial charge in [-0.2, -0.15) is 0 Å². The van der Waals surface area contributed by atoms with Gasteiger partial charge in [-0.25, -0.2) is 0 Å². The summed E-state index contributed by atoms with van der Waals surface area (Å²) in [4.78, 5) is 12.2. The van der Waals surface area contributed by atoms with E-state index in [4.69, 9.17) is 9.47 Å². The van der Waals surface area contributed by atoms with Crippen LogP contribution >= 0.6 is 0 Å². The summed E-state index contributed by atoms with van der Waals surface area (Å²) in [6.07, 6.45) is 63.9. The minimum atomic E-state index is -0.574. The van der Waals surface area contributed by atoms with Crippen molar-refractivity contribution in [1.82, 2.24) is 0 Å². The van der Waals surface area contributed by atoms with Crippen molar-refractivity contribution in [1.29, 1.82) is 0 Å². The van der Waals surface area contributed by atoms with Crippen molar-refractivity contribution in [2.75, 3.05) is 19.8 Å². The predicted molar refractivity (Wildman–Crippen MR) is 223 cm³/mol. The van der Waals surface area contributed by atoms with Crippen molar-refractivity contribution in [3.8, 4) is 0 Å². The molecule has 286 valence electrons. The molecule has 0 aliphatic rings. The first kappa shape index (κ1) is 47.8. The Hall–Kier alpha value is -3.21. The van der Waals surface area contributed by atoms with Gasteiger partial charge in [0.2, 0.25) is 0 Å². The van der Waals surface area contributed by atoms with Crippen molar-refractivity contribution in [2.24, 2.45) is 0 Å². The number of hydrogen-bond donors (Lipinski definition) is 1. The van der Waals surface area contributed by atoms with E-state index in [2.05, 4.69) is 135 Å². The molecule has 0 saturated heterocycles. The first-order valence-electron chi connectivity index (χ1n) is 20.1. The Kier molecular flexibility index (Phi) is 40.3. The van der Waals surface area contributed by atoms with Gasteiger partial charge in [-0.3, -0.25) is 4.79 Å². The quantitative estimate of drug-likeness (QED) is 0.0406. The number of rotatable bonds is 35. The van der Waals surface area contributed by atoms with E-state index in [0.29, 0.717) is 13.0 Å². The zero-order valence-electron chi connectivity index (χ0n) is 32.6. The van der Waals surface area contributed by atoms with E-state index in [1.165, 1.54) is 0 Å². The number of esters is 1. The van der Waals surface area contributed by atoms with Crippen molar-refractivity contribution in [3.63, 3.8) is 0 Å². The van der Waals surface area contributed by atoms with Gasteiger partial charge in [0, 0.05) is 13.0 Å². The Morgan fingerprint density at radius 3 is 1.22 bits per heavy atom. The van der Waals surface area contributed by atoms with Gasteiger partial charge in [0.25, 0.3) is 0 Å². The normalized spacial score (nSPS) is 13.7. The third-order valence-electron chi connectivity index (χ3n) is 7.78. The summed E-state index contributed by atoms with van der Waals surface area (Å²) in [6.45, 7) is 4.99. The van der Waals surface area contributed by atoms with Crippen LogP contribution in [-0.2, 0) is 14.3 Å². The standard InChI is InChI=1S/C47H74O4/c1-3-5-7-9-11-13-15-17-19-21-22-23-24-25-26-27-28-30-32-34-36-38-40-42-47(49)51-46(44-48)45-50-43-41-39-37-35-33-31-29-20-18-16-14-12-10-8-6-4-2/h5-8,11-14,17-20,22-23,25-26,28,30-31,33,46,48H,3-4,9-10,15-16,21,24,27,29,32,34-45H2,1-2H3/b7-5-,8-6-,13-11-,14-12-,19-17-,20-18-,23-22-,26-25-,30-28-,33-31-. The van der Waals surface area contributed by atoms with Crippen LogP contribution in [0.25, 0.3) is 0 Å². The van der Waals surface area contributed by atoms with Crippen LogP contribution in [0.1, 0.15) is 142 Å². The number of carbonyl (C=O) groups excluding carboxylic acids is 1. The van der Waals surface area contributed by atoms with Gasteiger partial charge in [-0.1, -0.05) is 155 Å². The van der Waals surface area contributed by atoms with Crippen molar-refractivity contribution >= 4 is 5.97 Å². The summed E-state index contributed by atoms with van der Waals surface area (Å²) in [6, 6.07) is 0. The number of ether oxygens (including phenoxy) is 2. The maximum atomic E-state index is 12.2. The molecular formula is C47H74O4. The van der Waals surface area contributed by atoms with Crippen LogP contribution in [-0.4, -0.2) is 37.0 Å². The highest BCUT2D eigenvalue weighted by atomic mass is 16.6. The largest absolute Gasteiger partial charge is 0.457 e. The van der Waals surface area contributed by atoms with E-state index < -0.39 is 6.10 Å². The Morgan fingerprint density at radius 2 is 0.824 bits per heavy atom. The zero-order chi connectivity index (χ0) is 37.0. The molecule has 1 atom stereocenters. The molecule has 0 spiro atoms. The van der Waals surface area contributed by atoms with E-state index in [0.717, 1.165) is 122 Å². The molecule has 0 rings (SSSR count). The smallest absolute Gasteiger partial charge is 0.306 e. The topological polar surface area (TPSA) is 55.8 Å². The predicted octanol–water partition coefficient (Wildman–Crippen LogP) is 13.3. The molecule has 0 amide bonds. The molecule has 0 aliphatic heterocycles. The number of aliphatic hydroxyl groups is 1. The molecular weight excluding hydrogens is 629 g/mol. The van der Waals surface area contributed by atoms with E-state index in [1.54, 1.807) is 0 Å². The lowest BCUT2D eigenvalue weighted by Gasteiger charge is -2.15. The fourth-order valence-electron chi connectivity index (χ4n) is 4.85. The van der Waals surface area contributed by atoms with Gasteiger partial charge in [0.1, 0.15) is 6.10 Å². The molecule has 51 heavy (non-hydrogen) atoms. The van der Waals surface area contributed by atoms with Gasteiger partial charge in [0.15, 0.2) is 0 Å². The van der Waals surface area contributed by atoms with Crippen LogP contribution < -0.4 is 0 Å². The van der Waals surface area contributed by atoms with Gasteiger partial charge in [-0.05, 0) is 103 Å². The average molecular weight is 703 g/mol. The minimum absolute atomic E-state index is 0.205. The minimum Gasteiger partial charge on any atom is -0.457 e. The van der Waals surface area contributed by atoms with Crippen LogP contribution in [0.4, 0.5) is 0 Å². The van der Waals surface area contributed by atoms with Crippen LogP contribution in [0.15, 0.2) is 122 Å². The fourth-order valence-corrected chi connectivity index (χ4v) is 4.85. The Bertz CT molecular complexity index is 1050. The van der Waals surface area contributed by atoms with Gasteiger partial charge in [0.05, 0.1) is 13.2 Å². The number of unbranched alkanes of at least 4 members (excludes halogenated alkanes) is 7. The van der Waals surface area contributed by atoms with Crippen LogP contribution in [0.5, 0.6) is 0 Å². The van der Waals surface area contributed by atoms with Crippen molar-refractivity contribution < 1.29 is 19.4 Å². The van der Waals surface area contributed by atoms with Gasteiger partial charge in [-0.15, -0.1) is 0 Å². The van der Waals surface area contributed by atoms with Gasteiger partial charge >= 0.3 is 5.97 Å². The summed E-state index contributed by atoms with van der Waals surface area (Å²) in [5.74, 6) is -0.243. The summed E-state index contributed by atoms with van der Waals surface area (Å²) < 4.78 is 11.1. The van der Waals surface area contributed by atoms with Crippen LogP contribution in [0, 0.1) is 0 Å². The second-order valence-electron chi connectivity index (χ2n) is 12.6. The third kappa shape index (κ3) is 41.1. The molecule has 4 nitrogen and oxygen atoms in total. The third-order valence-corrected chi connectivity index (χ3v) is 7.78. The fraction of sp³-hybridized carbons (Fsp3) is 0.553. The maximum absolute atomic E-state index is 12.2. The van der Waals surface area contributed by atoms with Crippen molar-refractivity contribution in [2.45, 2.75) is 148 Å². The highest BCUT2D eigenvalue weighted by Crippen LogP contribution is 2.09. The monoisotopic (exact) mass is 703 g/mol. The highest BCUT2D eigenvalue weighted by Gasteiger charge is 2.13. The number of hydrogen-bond acceptors (Lipinski definition) is 4. The Balaban J connectivity index is 3.64. The molecule has 0 aliphatic carbocycles. The SMILES string of the molecule is CC/C=C\C/C=C\C/C=C\C/C=C\C/C=C\C/C=C\CCCCCCC(=O)OC(CO)COCCCCC/C=C\C/C=C\C/C=C\C/C=C\CC. The molecule has 1 unspecified atom stereocenters. The van der Waals surface area contributed by atoms with E-state index >= 15 is 0 Å². The molecule has 4 heteroatoms. The summed E-state index contributed by atoms with van der Waals surface area (Å²) in [5, 5.41) is 9.58. The average Bonchev–Trinajstić information content (AvgIpc) is 3.14. The van der Waals surface area contributed by atoms with Crippen LogP contribution in [0.3, 0.4) is 0 Å². The molecule has 0 radical (unpaired) electrons. The highest BCUT2D eigenvalue weighted by molar-refractivity contribution is 5.69. The number of carbonyl (C=O) groups is 1. The summed E-state index contributed by atoms with van der Waals surface area (Å²) in [7, 11) is 0. The maximum Gasteiger partial charge on any atom is 0.306 e. The summed E-state index contributed by atoms with van der Waals surface area (Å²) >= 11 is 0. The zero-order valence-corrected chi connectivity index (χ0v) is 32.6. The molecule has 0 fully saturated rings. The lowest BCUT2D eigenvalue weighted by molar-refractivity contribution is -0.154. The Morgan fingerprint density at radius 1 is 0.471 bits per heavy atom. The first-order valence-corrected chi connectivity index (χ1v) is 20.1. The second kappa shape index (κ2) is 43.0. The molecule has 0 bridgehead atoms. The molecule has 0 aromatic heterocycles. The second-order valence-corrected chi connectivity index (χ2v) is 12.6. The lowest BCUT2D eigenvalue weighted by atomic mass is 10.1.